The van der Waals surface area contributed by atoms with Crippen molar-refractivity contribution in [3.05, 3.63) is 63.0 Å². The zero-order valence-electron chi connectivity index (χ0n) is 22.7. The van der Waals surface area contributed by atoms with Crippen LogP contribution in [0.25, 0.3) is 5.00 Å². The summed E-state index contributed by atoms with van der Waals surface area (Å²) in [6.07, 6.45) is 2.78. The molecule has 0 amide bonds. The molecule has 1 atom stereocenters. The van der Waals surface area contributed by atoms with Gasteiger partial charge in [-0.2, -0.15) is 5.26 Å². The van der Waals surface area contributed by atoms with Gasteiger partial charge in [0.25, 0.3) is 0 Å². The maximum Gasteiger partial charge on any atom is 0.163 e. The summed E-state index contributed by atoms with van der Waals surface area (Å²) >= 11 is 1.71. The third-order valence-electron chi connectivity index (χ3n) is 7.72. The maximum absolute atomic E-state index is 13.2. The Labute approximate surface area is 228 Å². The van der Waals surface area contributed by atoms with Crippen LogP contribution in [0.15, 0.2) is 29.3 Å². The summed E-state index contributed by atoms with van der Waals surface area (Å²) in [6, 6.07) is 9.32. The Hall–Kier alpha value is -3.19. The number of ketones is 1. The summed E-state index contributed by atoms with van der Waals surface area (Å²) in [7, 11) is 2.17. The zero-order chi connectivity index (χ0) is 26.8. The number of aryl methyl sites for hydroxylation is 2. The van der Waals surface area contributed by atoms with E-state index in [1.807, 2.05) is 31.2 Å². The standard InChI is InChI=1S/C29H35N7OS/c1-19-20(2)38-29-26(19)27(23-10-8-22(18-30)9-11-23)31-25(28-33-32-21(3)36(28)29)17-24(37)7-5-6-12-35-15-13-34(4)14-16-35/h8-11,25H,5-7,12-17H2,1-4H3/t25-/m0/s1. The van der Waals surface area contributed by atoms with Crippen molar-refractivity contribution in [2.45, 2.75) is 52.5 Å². The summed E-state index contributed by atoms with van der Waals surface area (Å²) in [5, 5.41) is 19.2. The van der Waals surface area contributed by atoms with Gasteiger partial charge in [0.2, 0.25) is 0 Å². The Morgan fingerprint density at radius 3 is 2.53 bits per heavy atom. The van der Waals surface area contributed by atoms with Gasteiger partial charge < -0.3 is 9.80 Å². The van der Waals surface area contributed by atoms with Crippen molar-refractivity contribution in [1.29, 1.82) is 5.26 Å². The normalized spacial score (nSPS) is 17.9. The second kappa shape index (κ2) is 11.3. The van der Waals surface area contributed by atoms with E-state index in [9.17, 15) is 10.1 Å². The first-order valence-electron chi connectivity index (χ1n) is 13.4. The number of carbonyl (C=O) groups is 1. The minimum Gasteiger partial charge on any atom is -0.304 e. The van der Waals surface area contributed by atoms with Gasteiger partial charge in [0, 0.05) is 55.0 Å². The highest BCUT2D eigenvalue weighted by molar-refractivity contribution is 7.15. The second-order valence-electron chi connectivity index (χ2n) is 10.4. The van der Waals surface area contributed by atoms with Gasteiger partial charge in [-0.05, 0) is 64.9 Å². The number of Topliss-reactive ketones (excluding diaryl/α,β-unsaturated/α-hetero) is 1. The number of nitrogens with zero attached hydrogens (tertiary/aromatic N) is 7. The molecule has 2 aliphatic rings. The number of nitriles is 1. The van der Waals surface area contributed by atoms with E-state index in [1.54, 1.807) is 11.3 Å². The zero-order valence-corrected chi connectivity index (χ0v) is 23.5. The minimum absolute atomic E-state index is 0.210. The molecule has 2 aromatic heterocycles. The van der Waals surface area contributed by atoms with Crippen LogP contribution < -0.4 is 0 Å². The van der Waals surface area contributed by atoms with Crippen molar-refractivity contribution >= 4 is 22.8 Å². The third kappa shape index (κ3) is 5.35. The molecular weight excluding hydrogens is 494 g/mol. The molecule has 0 bridgehead atoms. The van der Waals surface area contributed by atoms with E-state index in [1.165, 1.54) is 10.4 Å². The number of benzene rings is 1. The minimum atomic E-state index is -0.411. The fourth-order valence-electron chi connectivity index (χ4n) is 5.27. The number of hydrogen-bond donors (Lipinski definition) is 0. The Morgan fingerprint density at radius 2 is 1.82 bits per heavy atom. The van der Waals surface area contributed by atoms with Crippen LogP contribution in [0, 0.1) is 32.1 Å². The van der Waals surface area contributed by atoms with Gasteiger partial charge in [-0.15, -0.1) is 21.5 Å². The molecule has 2 aliphatic heterocycles. The molecule has 3 aromatic rings. The molecule has 4 heterocycles. The number of likely N-dealkylation sites (N-methyl/N-ethyl adjacent to an activating group) is 1. The molecule has 9 heteroatoms. The predicted octanol–water partition coefficient (Wildman–Crippen LogP) is 4.39. The Bertz CT molecular complexity index is 1390. The highest BCUT2D eigenvalue weighted by Crippen LogP contribution is 2.39. The average molecular weight is 530 g/mol. The Kier molecular flexibility index (Phi) is 7.84. The molecule has 0 spiro atoms. The molecule has 8 nitrogen and oxygen atoms in total. The Balaban J connectivity index is 1.39. The lowest BCUT2D eigenvalue weighted by atomic mass is 9.98. The monoisotopic (exact) mass is 529 g/mol. The van der Waals surface area contributed by atoms with E-state index < -0.39 is 6.04 Å². The van der Waals surface area contributed by atoms with Crippen LogP contribution in [-0.2, 0) is 4.79 Å². The topological polar surface area (TPSA) is 90.4 Å². The van der Waals surface area contributed by atoms with Crippen molar-refractivity contribution in [3.8, 4) is 11.1 Å². The van der Waals surface area contributed by atoms with E-state index in [0.717, 1.165) is 79.1 Å². The highest BCUT2D eigenvalue weighted by Gasteiger charge is 2.32. The van der Waals surface area contributed by atoms with Crippen molar-refractivity contribution < 1.29 is 4.79 Å². The number of hydrogen-bond acceptors (Lipinski definition) is 8. The molecule has 5 rings (SSSR count). The number of thiophene rings is 1. The molecule has 0 radical (unpaired) electrons. The highest BCUT2D eigenvalue weighted by atomic mass is 32.1. The predicted molar refractivity (Wildman–Crippen MR) is 150 cm³/mol. The van der Waals surface area contributed by atoms with Gasteiger partial charge in [-0.3, -0.25) is 14.4 Å². The lowest BCUT2D eigenvalue weighted by Crippen LogP contribution is -2.44. The maximum atomic E-state index is 13.2. The van der Waals surface area contributed by atoms with Crippen LogP contribution in [0.5, 0.6) is 0 Å². The van der Waals surface area contributed by atoms with Gasteiger partial charge in [0.15, 0.2) is 5.82 Å². The molecule has 1 aromatic carbocycles. The number of piperazine rings is 1. The summed E-state index contributed by atoms with van der Waals surface area (Å²) < 4.78 is 2.09. The van der Waals surface area contributed by atoms with Gasteiger partial charge in [-0.1, -0.05) is 12.1 Å². The number of aromatic nitrogens is 3. The first-order valence-corrected chi connectivity index (χ1v) is 14.2. The molecule has 1 fully saturated rings. The number of aliphatic imine (C=N–C) groups is 1. The molecular formula is C29H35N7OS. The number of unbranched alkanes of at least 4 members (excludes halogenated alkanes) is 1. The average Bonchev–Trinajstić information content (AvgIpc) is 3.39. The van der Waals surface area contributed by atoms with Crippen LogP contribution in [0.3, 0.4) is 0 Å². The van der Waals surface area contributed by atoms with Crippen molar-refractivity contribution in [2.24, 2.45) is 4.99 Å². The van der Waals surface area contributed by atoms with Crippen LogP contribution >= 0.6 is 11.3 Å². The smallest absolute Gasteiger partial charge is 0.163 e. The first kappa shape index (κ1) is 26.4. The number of rotatable bonds is 8. The fraction of sp³-hybridized carbons (Fsp3) is 0.483. The van der Waals surface area contributed by atoms with Crippen LogP contribution in [0.2, 0.25) is 0 Å². The molecule has 0 aliphatic carbocycles. The van der Waals surface area contributed by atoms with Gasteiger partial charge in [0.05, 0.1) is 17.3 Å². The SMILES string of the molecule is Cc1sc2c(c1C)C(c1ccc(C#N)cc1)=N[C@@H](CC(=O)CCCCN1CCN(C)CC1)c1nnc(C)n1-2. The quantitative estimate of drug-likeness (QED) is 0.402. The summed E-state index contributed by atoms with van der Waals surface area (Å²) in [4.78, 5) is 24.5. The summed E-state index contributed by atoms with van der Waals surface area (Å²) in [5.74, 6) is 1.73. The largest absolute Gasteiger partial charge is 0.304 e. The van der Waals surface area contributed by atoms with Gasteiger partial charge >= 0.3 is 0 Å². The Morgan fingerprint density at radius 1 is 1.08 bits per heavy atom. The number of fused-ring (bicyclic) bond motifs is 3. The molecule has 0 N–H and O–H groups in total. The van der Waals surface area contributed by atoms with Crippen LogP contribution in [-0.4, -0.2) is 75.8 Å². The van der Waals surface area contributed by atoms with Gasteiger partial charge in [-0.25, -0.2) is 0 Å². The summed E-state index contributed by atoms with van der Waals surface area (Å²) in [6.45, 7) is 11.7. The van der Waals surface area contributed by atoms with Crippen LogP contribution in [0.1, 0.15) is 70.5 Å². The van der Waals surface area contributed by atoms with Crippen molar-refractivity contribution in [2.75, 3.05) is 39.8 Å². The molecule has 0 unspecified atom stereocenters. The van der Waals surface area contributed by atoms with E-state index in [2.05, 4.69) is 51.5 Å². The number of carbonyl (C=O) groups excluding carboxylic acids is 1. The second-order valence-corrected chi connectivity index (χ2v) is 11.6. The molecule has 0 saturated carbocycles. The lowest BCUT2D eigenvalue weighted by molar-refractivity contribution is -0.119. The van der Waals surface area contributed by atoms with Crippen molar-refractivity contribution in [1.82, 2.24) is 24.6 Å². The lowest BCUT2D eigenvalue weighted by Gasteiger charge is -2.32. The van der Waals surface area contributed by atoms with Crippen LogP contribution in [0.4, 0.5) is 0 Å². The third-order valence-corrected chi connectivity index (χ3v) is 8.92. The van der Waals surface area contributed by atoms with E-state index in [4.69, 9.17) is 4.99 Å². The summed E-state index contributed by atoms with van der Waals surface area (Å²) in [5.41, 5.74) is 4.63. The van der Waals surface area contributed by atoms with E-state index in [0.29, 0.717) is 18.4 Å². The van der Waals surface area contributed by atoms with Gasteiger partial charge in [0.1, 0.15) is 22.7 Å². The first-order chi connectivity index (χ1) is 18.4. The van der Waals surface area contributed by atoms with E-state index >= 15 is 0 Å². The molecule has 198 valence electrons. The fourth-order valence-corrected chi connectivity index (χ4v) is 6.49. The molecule has 1 saturated heterocycles. The van der Waals surface area contributed by atoms with E-state index in [-0.39, 0.29) is 5.78 Å². The molecule has 38 heavy (non-hydrogen) atoms. The van der Waals surface area contributed by atoms with Crippen molar-refractivity contribution in [3.63, 3.8) is 0 Å².